The van der Waals surface area contributed by atoms with Gasteiger partial charge in [-0.25, -0.2) is 9.59 Å². The largest absolute Gasteiger partial charge is 0.459 e. The Balaban J connectivity index is 1.91. The van der Waals surface area contributed by atoms with Crippen LogP contribution >= 0.6 is 0 Å². The molecule has 0 amide bonds. The lowest BCUT2D eigenvalue weighted by Gasteiger charge is -2.59. The lowest BCUT2D eigenvalue weighted by molar-refractivity contribution is -0.257. The number of rotatable bonds is 2. The van der Waals surface area contributed by atoms with Crippen LogP contribution in [-0.2, 0) is 19.1 Å². The molecule has 2 fully saturated rings. The number of carbonyl (C=O) groups excluding carboxylic acids is 2. The Bertz CT molecular complexity index is 722. The van der Waals surface area contributed by atoms with Gasteiger partial charge in [0.2, 0.25) is 5.79 Å². The fraction of sp³-hybridized carbons (Fsp3) is 0.700. The van der Waals surface area contributed by atoms with Gasteiger partial charge in [0.25, 0.3) is 0 Å². The quantitative estimate of drug-likeness (QED) is 0.577. The summed E-state index contributed by atoms with van der Waals surface area (Å²) in [6.07, 6.45) is 2.36. The molecule has 0 radical (unpaired) electrons. The number of ether oxygens (including phenoxy) is 2. The van der Waals surface area contributed by atoms with Crippen LogP contribution in [0.25, 0.3) is 0 Å². The van der Waals surface area contributed by atoms with Gasteiger partial charge >= 0.3 is 11.9 Å². The Hall–Kier alpha value is -1.66. The van der Waals surface area contributed by atoms with Crippen molar-refractivity contribution in [1.82, 2.24) is 0 Å². The van der Waals surface area contributed by atoms with Gasteiger partial charge in [-0.05, 0) is 39.5 Å². The van der Waals surface area contributed by atoms with E-state index in [1.54, 1.807) is 26.8 Å². The highest BCUT2D eigenvalue weighted by atomic mass is 16.7. The van der Waals surface area contributed by atoms with Gasteiger partial charge in [-0.2, -0.15) is 0 Å². The van der Waals surface area contributed by atoms with Crippen molar-refractivity contribution in [3.05, 3.63) is 22.8 Å². The van der Waals surface area contributed by atoms with Crippen LogP contribution < -0.4 is 0 Å². The zero-order valence-corrected chi connectivity index (χ0v) is 16.1. The predicted molar refractivity (Wildman–Crippen MR) is 93.7 cm³/mol. The number of carbonyl (C=O) groups is 2. The van der Waals surface area contributed by atoms with Crippen LogP contribution in [0.3, 0.4) is 0 Å². The number of hydrogen-bond acceptors (Lipinski definition) is 6. The number of fused-ring (bicyclic) bond motifs is 2. The van der Waals surface area contributed by atoms with E-state index in [0.717, 1.165) is 0 Å². The van der Waals surface area contributed by atoms with Gasteiger partial charge in [0.05, 0.1) is 5.60 Å². The molecule has 3 rings (SSSR count). The number of hydrogen-bond donors (Lipinski definition) is 2. The average Bonchev–Trinajstić information content (AvgIpc) is 2.75. The fourth-order valence-electron chi connectivity index (χ4n) is 4.76. The van der Waals surface area contributed by atoms with E-state index < -0.39 is 34.8 Å². The Morgan fingerprint density at radius 3 is 2.65 bits per heavy atom. The lowest BCUT2D eigenvalue weighted by Crippen LogP contribution is -2.64. The first-order valence-corrected chi connectivity index (χ1v) is 9.18. The fourth-order valence-corrected chi connectivity index (χ4v) is 4.76. The van der Waals surface area contributed by atoms with E-state index in [9.17, 15) is 19.8 Å². The van der Waals surface area contributed by atoms with Gasteiger partial charge in [0.1, 0.15) is 6.10 Å². The molecule has 2 aliphatic carbocycles. The van der Waals surface area contributed by atoms with Gasteiger partial charge in [0.15, 0.2) is 0 Å². The molecule has 0 unspecified atom stereocenters. The highest BCUT2D eigenvalue weighted by Gasteiger charge is 2.65. The van der Waals surface area contributed by atoms with Gasteiger partial charge in [-0.3, -0.25) is 0 Å². The summed E-state index contributed by atoms with van der Waals surface area (Å²) in [7, 11) is 0. The molecule has 0 aromatic carbocycles. The van der Waals surface area contributed by atoms with Gasteiger partial charge in [-0.1, -0.05) is 19.9 Å². The Morgan fingerprint density at radius 1 is 1.38 bits per heavy atom. The molecule has 0 aromatic heterocycles. The number of allylic oxidation sites excluding steroid dienone is 1. The topological polar surface area (TPSA) is 93.1 Å². The summed E-state index contributed by atoms with van der Waals surface area (Å²) in [5.74, 6) is -2.66. The van der Waals surface area contributed by atoms with E-state index >= 15 is 0 Å². The SMILES string of the molecule is C/C=C(/C)C(=O)O[C@@H]1C[C@H](C)[C@@]2(C)CC3=C(C)C(=O)O[C@@]3(O)C[C@@]2(O)C1. The van der Waals surface area contributed by atoms with Crippen molar-refractivity contribution >= 4 is 11.9 Å². The zero-order chi connectivity index (χ0) is 19.5. The molecule has 2 saturated carbocycles. The Labute approximate surface area is 153 Å². The highest BCUT2D eigenvalue weighted by Crippen LogP contribution is 2.61. The van der Waals surface area contributed by atoms with Crippen molar-refractivity contribution in [2.45, 2.75) is 77.8 Å². The van der Waals surface area contributed by atoms with Crippen molar-refractivity contribution in [1.29, 1.82) is 0 Å². The summed E-state index contributed by atoms with van der Waals surface area (Å²) >= 11 is 0. The van der Waals surface area contributed by atoms with Crippen molar-refractivity contribution in [2.24, 2.45) is 11.3 Å². The molecule has 0 saturated heterocycles. The molecule has 1 aliphatic heterocycles. The Kier molecular flexibility index (Phi) is 4.36. The molecule has 5 atom stereocenters. The van der Waals surface area contributed by atoms with Crippen molar-refractivity contribution in [3.8, 4) is 0 Å². The second-order valence-corrected chi connectivity index (χ2v) is 8.42. The summed E-state index contributed by atoms with van der Waals surface area (Å²) in [5, 5.41) is 22.4. The summed E-state index contributed by atoms with van der Waals surface area (Å²) in [6, 6.07) is 0. The van der Waals surface area contributed by atoms with E-state index in [-0.39, 0.29) is 18.8 Å². The monoisotopic (exact) mass is 364 g/mol. The summed E-state index contributed by atoms with van der Waals surface area (Å²) in [6.45, 7) is 9.11. The minimum atomic E-state index is -1.76. The van der Waals surface area contributed by atoms with Crippen LogP contribution in [0.2, 0.25) is 0 Å². The van der Waals surface area contributed by atoms with Crippen molar-refractivity contribution < 1.29 is 29.3 Å². The number of aliphatic hydroxyl groups is 2. The first kappa shape index (κ1) is 19.1. The van der Waals surface area contributed by atoms with Crippen LogP contribution in [0, 0.1) is 11.3 Å². The maximum absolute atomic E-state index is 12.1. The molecule has 1 heterocycles. The van der Waals surface area contributed by atoms with Crippen LogP contribution in [0.15, 0.2) is 22.8 Å². The summed E-state index contributed by atoms with van der Waals surface area (Å²) in [5.41, 5.74) is -0.321. The first-order valence-electron chi connectivity index (χ1n) is 9.18. The molecule has 144 valence electrons. The van der Waals surface area contributed by atoms with Gasteiger partial charge in [0, 0.05) is 35.0 Å². The van der Waals surface area contributed by atoms with Crippen LogP contribution in [-0.4, -0.2) is 39.6 Å². The van der Waals surface area contributed by atoms with E-state index in [4.69, 9.17) is 9.47 Å². The second kappa shape index (κ2) is 5.92. The van der Waals surface area contributed by atoms with Gasteiger partial charge in [-0.15, -0.1) is 0 Å². The molecule has 0 bridgehead atoms. The molecule has 0 spiro atoms. The van der Waals surface area contributed by atoms with Gasteiger partial charge < -0.3 is 19.7 Å². The summed E-state index contributed by atoms with van der Waals surface area (Å²) in [4.78, 5) is 24.1. The maximum atomic E-state index is 12.1. The normalized spacial score (nSPS) is 42.9. The highest BCUT2D eigenvalue weighted by molar-refractivity contribution is 5.92. The minimum absolute atomic E-state index is 0.0329. The second-order valence-electron chi connectivity index (χ2n) is 8.42. The minimum Gasteiger partial charge on any atom is -0.459 e. The average molecular weight is 364 g/mol. The van der Waals surface area contributed by atoms with E-state index in [1.807, 2.05) is 13.8 Å². The molecule has 6 heteroatoms. The molecule has 3 aliphatic rings. The molecule has 2 N–H and O–H groups in total. The predicted octanol–water partition coefficient (Wildman–Crippen LogP) is 2.39. The van der Waals surface area contributed by atoms with E-state index in [2.05, 4.69) is 0 Å². The third kappa shape index (κ3) is 2.62. The standard InChI is InChI=1S/C20H28O6/c1-6-11(2)16(21)25-14-7-12(3)18(5)9-15-13(4)17(22)26-20(15,24)10-19(18,23)8-14/h6,12,14,23-24H,7-10H2,1-5H3/b11-6-/t12-,14+,18+,19-,20-/m0/s1. The zero-order valence-electron chi connectivity index (χ0n) is 16.1. The third-order valence-electron chi connectivity index (χ3n) is 6.93. The molecular weight excluding hydrogens is 336 g/mol. The van der Waals surface area contributed by atoms with Crippen LogP contribution in [0.4, 0.5) is 0 Å². The molecule has 0 aromatic rings. The van der Waals surface area contributed by atoms with Crippen molar-refractivity contribution in [2.75, 3.05) is 0 Å². The first-order chi connectivity index (χ1) is 12.0. The van der Waals surface area contributed by atoms with E-state index in [0.29, 0.717) is 29.6 Å². The van der Waals surface area contributed by atoms with Crippen molar-refractivity contribution in [3.63, 3.8) is 0 Å². The van der Waals surface area contributed by atoms with Crippen LogP contribution in [0.5, 0.6) is 0 Å². The number of esters is 2. The third-order valence-corrected chi connectivity index (χ3v) is 6.93. The maximum Gasteiger partial charge on any atom is 0.336 e. The smallest absolute Gasteiger partial charge is 0.336 e. The lowest BCUT2D eigenvalue weighted by atomic mass is 9.50. The van der Waals surface area contributed by atoms with E-state index in [1.165, 1.54) is 0 Å². The molecule has 6 nitrogen and oxygen atoms in total. The molecule has 26 heavy (non-hydrogen) atoms. The van der Waals surface area contributed by atoms with Crippen LogP contribution in [0.1, 0.15) is 60.3 Å². The molecular formula is C20H28O6. The Morgan fingerprint density at radius 2 is 2.04 bits per heavy atom. The summed E-state index contributed by atoms with van der Waals surface area (Å²) < 4.78 is 10.8.